The molecule has 4 N–H and O–H groups in total. The summed E-state index contributed by atoms with van der Waals surface area (Å²) >= 11 is 9.56. The topological polar surface area (TPSA) is 90.2 Å². The molecular formula is C15H12BrCl2N5. The predicted octanol–water partition coefficient (Wildman–Crippen LogP) is 4.04. The third-order valence-electron chi connectivity index (χ3n) is 2.97. The summed E-state index contributed by atoms with van der Waals surface area (Å²) in [5.74, 6) is 0.123. The van der Waals surface area contributed by atoms with Gasteiger partial charge in [-0.1, -0.05) is 39.7 Å². The summed E-state index contributed by atoms with van der Waals surface area (Å²) in [7, 11) is 0. The molecule has 0 amide bonds. The van der Waals surface area contributed by atoms with Crippen LogP contribution >= 0.6 is 39.9 Å². The number of benzene rings is 2. The van der Waals surface area contributed by atoms with Crippen molar-refractivity contribution in [2.24, 2.45) is 16.5 Å². The third kappa shape index (κ3) is 3.90. The van der Waals surface area contributed by atoms with E-state index in [0.717, 1.165) is 20.9 Å². The molecule has 3 rings (SSSR count). The van der Waals surface area contributed by atoms with Gasteiger partial charge in [0, 0.05) is 20.4 Å². The van der Waals surface area contributed by atoms with E-state index in [2.05, 4.69) is 30.9 Å². The average molecular weight is 413 g/mol. The first-order valence-electron chi connectivity index (χ1n) is 6.36. The molecule has 0 spiro atoms. The Bertz CT molecular complexity index is 894. The quantitative estimate of drug-likeness (QED) is 0.490. The maximum absolute atomic E-state index is 6.10. The number of hydrogen-bond acceptors (Lipinski definition) is 3. The Morgan fingerprint density at radius 3 is 2.57 bits per heavy atom. The molecule has 5 nitrogen and oxygen atoms in total. The minimum absolute atomic E-state index is 0. The van der Waals surface area contributed by atoms with Crippen LogP contribution < -0.4 is 11.5 Å². The summed E-state index contributed by atoms with van der Waals surface area (Å²) in [5.41, 5.74) is 13.2. The zero-order chi connectivity index (χ0) is 15.7. The maximum Gasteiger partial charge on any atom is 0.253 e. The fourth-order valence-electron chi connectivity index (χ4n) is 2.11. The highest BCUT2D eigenvalue weighted by atomic mass is 79.9. The largest absolute Gasteiger partial charge is 0.370 e. The van der Waals surface area contributed by atoms with Crippen LogP contribution in [-0.4, -0.2) is 15.9 Å². The molecule has 0 aliphatic carbocycles. The van der Waals surface area contributed by atoms with E-state index in [-0.39, 0.29) is 24.3 Å². The normalized spacial score (nSPS) is 10.2. The van der Waals surface area contributed by atoms with Crippen molar-refractivity contribution in [2.45, 2.75) is 0 Å². The summed E-state index contributed by atoms with van der Waals surface area (Å²) in [6, 6.07) is 13.2. The third-order valence-corrected chi connectivity index (χ3v) is 3.70. The molecule has 0 fully saturated rings. The lowest BCUT2D eigenvalue weighted by molar-refractivity contribution is 1.17. The fraction of sp³-hybridized carbons (Fsp3) is 0. The van der Waals surface area contributed by atoms with Gasteiger partial charge in [0.05, 0.1) is 11.2 Å². The number of nitrogens with two attached hydrogens (primary N) is 2. The van der Waals surface area contributed by atoms with Crippen molar-refractivity contribution in [1.82, 2.24) is 9.97 Å². The van der Waals surface area contributed by atoms with Crippen LogP contribution in [0.5, 0.6) is 0 Å². The van der Waals surface area contributed by atoms with E-state index in [1.54, 1.807) is 6.07 Å². The number of guanidine groups is 1. The average Bonchev–Trinajstić information content (AvgIpc) is 2.46. The molecule has 0 aliphatic heterocycles. The minimum atomic E-state index is -0.0893. The Morgan fingerprint density at radius 2 is 1.87 bits per heavy atom. The van der Waals surface area contributed by atoms with E-state index in [1.807, 2.05) is 36.4 Å². The van der Waals surface area contributed by atoms with E-state index in [4.69, 9.17) is 23.1 Å². The number of nitrogens with zero attached hydrogens (tertiary/aromatic N) is 3. The molecule has 23 heavy (non-hydrogen) atoms. The van der Waals surface area contributed by atoms with Crippen molar-refractivity contribution in [3.05, 3.63) is 52.0 Å². The van der Waals surface area contributed by atoms with Crippen LogP contribution in [0.3, 0.4) is 0 Å². The summed E-state index contributed by atoms with van der Waals surface area (Å²) in [4.78, 5) is 12.7. The predicted molar refractivity (Wildman–Crippen MR) is 100 cm³/mol. The highest BCUT2D eigenvalue weighted by Crippen LogP contribution is 2.31. The van der Waals surface area contributed by atoms with Gasteiger partial charge < -0.3 is 11.5 Å². The fourth-order valence-corrected chi connectivity index (χ4v) is 2.68. The van der Waals surface area contributed by atoms with Gasteiger partial charge in [0.1, 0.15) is 0 Å². The first-order chi connectivity index (χ1) is 10.5. The highest BCUT2D eigenvalue weighted by molar-refractivity contribution is 9.10. The molecular weight excluding hydrogens is 401 g/mol. The molecule has 0 radical (unpaired) electrons. The Hall–Kier alpha value is -1.89. The molecule has 0 unspecified atom stereocenters. The van der Waals surface area contributed by atoms with Crippen LogP contribution in [0.15, 0.2) is 51.9 Å². The number of fused-ring (bicyclic) bond motifs is 1. The molecule has 0 aliphatic rings. The van der Waals surface area contributed by atoms with Crippen LogP contribution in [-0.2, 0) is 0 Å². The Balaban J connectivity index is 0.00000192. The summed E-state index contributed by atoms with van der Waals surface area (Å²) in [6.45, 7) is 0. The zero-order valence-corrected chi connectivity index (χ0v) is 14.9. The molecule has 1 aromatic heterocycles. The molecule has 1 heterocycles. The second-order valence-corrected chi connectivity index (χ2v) is 5.93. The number of rotatable bonds is 2. The van der Waals surface area contributed by atoms with Gasteiger partial charge in [-0.25, -0.2) is 9.97 Å². The zero-order valence-electron chi connectivity index (χ0n) is 11.7. The van der Waals surface area contributed by atoms with Crippen molar-refractivity contribution < 1.29 is 0 Å². The van der Waals surface area contributed by atoms with Gasteiger partial charge in [-0.05, 0) is 30.3 Å². The molecule has 2 aromatic carbocycles. The van der Waals surface area contributed by atoms with Gasteiger partial charge in [-0.15, -0.1) is 12.4 Å². The first kappa shape index (κ1) is 17.5. The monoisotopic (exact) mass is 411 g/mol. The van der Waals surface area contributed by atoms with Crippen molar-refractivity contribution in [3.8, 4) is 11.3 Å². The Kier molecular flexibility index (Phi) is 5.41. The van der Waals surface area contributed by atoms with Gasteiger partial charge in [0.25, 0.3) is 5.95 Å². The SMILES string of the molecule is Cl.NC(N)=Nc1nc(-c2cccc(Br)c2)c2cc(Cl)ccc2n1. The van der Waals surface area contributed by atoms with Crippen LogP contribution in [0.25, 0.3) is 22.2 Å². The molecule has 118 valence electrons. The molecule has 0 saturated carbocycles. The molecule has 0 atom stereocenters. The number of aromatic nitrogens is 2. The minimum Gasteiger partial charge on any atom is -0.370 e. The van der Waals surface area contributed by atoms with E-state index in [1.165, 1.54) is 0 Å². The summed E-state index contributed by atoms with van der Waals surface area (Å²) in [6.07, 6.45) is 0. The summed E-state index contributed by atoms with van der Waals surface area (Å²) < 4.78 is 0.946. The summed E-state index contributed by atoms with van der Waals surface area (Å²) in [5, 5.41) is 1.45. The van der Waals surface area contributed by atoms with Crippen molar-refractivity contribution in [2.75, 3.05) is 0 Å². The highest BCUT2D eigenvalue weighted by Gasteiger charge is 2.11. The van der Waals surface area contributed by atoms with E-state index in [0.29, 0.717) is 10.7 Å². The van der Waals surface area contributed by atoms with Gasteiger partial charge in [0.15, 0.2) is 5.96 Å². The van der Waals surface area contributed by atoms with Crippen LogP contribution in [0, 0.1) is 0 Å². The Labute approximate surface area is 152 Å². The van der Waals surface area contributed by atoms with E-state index in [9.17, 15) is 0 Å². The molecule has 3 aromatic rings. The Morgan fingerprint density at radius 1 is 1.09 bits per heavy atom. The van der Waals surface area contributed by atoms with Gasteiger partial charge >= 0.3 is 0 Å². The molecule has 8 heteroatoms. The lowest BCUT2D eigenvalue weighted by Crippen LogP contribution is -2.22. The maximum atomic E-state index is 6.10. The second kappa shape index (κ2) is 7.12. The standard InChI is InChI=1S/C15H11BrClN5.ClH/c16-9-3-1-2-8(6-9)13-11-7-10(17)4-5-12(11)20-15(21-13)22-14(18)19;/h1-7H,(H4,18,19,20,21,22);1H. The first-order valence-corrected chi connectivity index (χ1v) is 7.53. The van der Waals surface area contributed by atoms with E-state index >= 15 is 0 Å². The van der Waals surface area contributed by atoms with Crippen molar-refractivity contribution in [1.29, 1.82) is 0 Å². The molecule has 0 bridgehead atoms. The van der Waals surface area contributed by atoms with Crippen molar-refractivity contribution >= 4 is 62.7 Å². The van der Waals surface area contributed by atoms with Crippen LogP contribution in [0.1, 0.15) is 0 Å². The van der Waals surface area contributed by atoms with Crippen LogP contribution in [0.4, 0.5) is 5.95 Å². The lowest BCUT2D eigenvalue weighted by Gasteiger charge is -2.08. The molecule has 0 saturated heterocycles. The van der Waals surface area contributed by atoms with E-state index < -0.39 is 0 Å². The number of aliphatic imine (C=N–C) groups is 1. The number of hydrogen-bond donors (Lipinski definition) is 2. The van der Waals surface area contributed by atoms with Gasteiger partial charge in [0.2, 0.25) is 0 Å². The lowest BCUT2D eigenvalue weighted by atomic mass is 10.1. The van der Waals surface area contributed by atoms with Crippen molar-refractivity contribution in [3.63, 3.8) is 0 Å². The van der Waals surface area contributed by atoms with Crippen LogP contribution in [0.2, 0.25) is 5.02 Å². The van der Waals surface area contributed by atoms with Gasteiger partial charge in [-0.3, -0.25) is 0 Å². The smallest absolute Gasteiger partial charge is 0.253 e. The number of halogens is 3. The second-order valence-electron chi connectivity index (χ2n) is 4.58. The van der Waals surface area contributed by atoms with Gasteiger partial charge in [-0.2, -0.15) is 4.99 Å².